The van der Waals surface area contributed by atoms with Crippen LogP contribution in [-0.2, 0) is 9.53 Å². The lowest BCUT2D eigenvalue weighted by Crippen LogP contribution is -3.00. The summed E-state index contributed by atoms with van der Waals surface area (Å²) in [5.41, 5.74) is 0. The number of hydrogen-bond acceptors (Lipinski definition) is 2. The Labute approximate surface area is 175 Å². The summed E-state index contributed by atoms with van der Waals surface area (Å²) in [6.45, 7) is 7.66. The van der Waals surface area contributed by atoms with Crippen molar-refractivity contribution in [2.45, 2.75) is 96.8 Å². The van der Waals surface area contributed by atoms with E-state index in [9.17, 15) is 4.79 Å². The predicted octanol–water partition coefficient (Wildman–Crippen LogP) is 3.28. The highest BCUT2D eigenvalue weighted by Crippen LogP contribution is 2.13. The van der Waals surface area contributed by atoms with Gasteiger partial charge in [0.2, 0.25) is 0 Å². The standard InChI is InChI=1S/C23H46NO2.ClH/c1-5-7-8-9-10-11-12-13-14-15-16-17-18-19-20-24(3,4)22-23(25)26-21-6-2;/h6H,2,5,7-22H2,1,3-4H3;1H/q+1;/p-1. The van der Waals surface area contributed by atoms with Crippen molar-refractivity contribution in [3.8, 4) is 0 Å². The molecule has 3 nitrogen and oxygen atoms in total. The van der Waals surface area contributed by atoms with E-state index in [0.29, 0.717) is 17.6 Å². The van der Waals surface area contributed by atoms with Crippen LogP contribution in [0.3, 0.4) is 0 Å². The highest BCUT2D eigenvalue weighted by Gasteiger charge is 2.20. The Kier molecular flexibility index (Phi) is 21.4. The fourth-order valence-corrected chi connectivity index (χ4v) is 3.36. The van der Waals surface area contributed by atoms with Crippen LogP contribution in [0.4, 0.5) is 0 Å². The van der Waals surface area contributed by atoms with Gasteiger partial charge in [0.1, 0.15) is 6.61 Å². The van der Waals surface area contributed by atoms with Crippen LogP contribution < -0.4 is 12.4 Å². The van der Waals surface area contributed by atoms with E-state index in [-0.39, 0.29) is 18.4 Å². The number of rotatable bonds is 19. The molecule has 0 aliphatic heterocycles. The van der Waals surface area contributed by atoms with Crippen LogP contribution in [0.1, 0.15) is 96.8 Å². The van der Waals surface area contributed by atoms with Crippen molar-refractivity contribution < 1.29 is 26.4 Å². The Bertz CT molecular complexity index is 345. The number of quaternary nitrogens is 1. The number of nitrogens with zero attached hydrogens (tertiary/aromatic N) is 1. The molecule has 0 unspecified atom stereocenters. The van der Waals surface area contributed by atoms with Gasteiger partial charge < -0.3 is 21.6 Å². The summed E-state index contributed by atoms with van der Waals surface area (Å²) in [5, 5.41) is 0. The van der Waals surface area contributed by atoms with Gasteiger partial charge in [0.15, 0.2) is 6.54 Å². The average molecular weight is 404 g/mol. The zero-order valence-corrected chi connectivity index (χ0v) is 19.2. The number of unbranched alkanes of at least 4 members (excludes halogenated alkanes) is 13. The van der Waals surface area contributed by atoms with Crippen molar-refractivity contribution in [3.05, 3.63) is 12.7 Å². The van der Waals surface area contributed by atoms with Crippen molar-refractivity contribution in [2.24, 2.45) is 0 Å². The molecule has 0 amide bonds. The van der Waals surface area contributed by atoms with Crippen LogP contribution in [0, 0.1) is 0 Å². The molecule has 0 radical (unpaired) electrons. The first kappa shape index (κ1) is 28.7. The molecule has 0 atom stereocenters. The number of halogens is 1. The molecule has 0 aromatic rings. The maximum absolute atomic E-state index is 11.7. The highest BCUT2D eigenvalue weighted by atomic mass is 35.5. The van der Waals surface area contributed by atoms with Crippen LogP contribution in [0.25, 0.3) is 0 Å². The number of esters is 1. The Morgan fingerprint density at radius 2 is 1.22 bits per heavy atom. The topological polar surface area (TPSA) is 26.3 Å². The summed E-state index contributed by atoms with van der Waals surface area (Å²) in [6, 6.07) is 0. The van der Waals surface area contributed by atoms with Crippen LogP contribution in [0.15, 0.2) is 12.7 Å². The van der Waals surface area contributed by atoms with Crippen LogP contribution in [0.2, 0.25) is 0 Å². The van der Waals surface area contributed by atoms with E-state index in [1.54, 1.807) is 6.08 Å². The summed E-state index contributed by atoms with van der Waals surface area (Å²) in [5.74, 6) is -0.125. The lowest BCUT2D eigenvalue weighted by Gasteiger charge is -2.28. The fraction of sp³-hybridized carbons (Fsp3) is 0.870. The van der Waals surface area contributed by atoms with E-state index in [1.165, 1.54) is 89.9 Å². The van der Waals surface area contributed by atoms with Crippen LogP contribution in [-0.4, -0.2) is 44.2 Å². The number of hydrogen-bond donors (Lipinski definition) is 0. The molecule has 0 saturated heterocycles. The van der Waals surface area contributed by atoms with E-state index < -0.39 is 0 Å². The SMILES string of the molecule is C=CCOC(=O)C[N+](C)(C)CCCCCCCCCCCCCCCC.[Cl-]. The fourth-order valence-electron chi connectivity index (χ4n) is 3.36. The summed E-state index contributed by atoms with van der Waals surface area (Å²) in [4.78, 5) is 11.7. The Morgan fingerprint density at radius 3 is 1.63 bits per heavy atom. The molecule has 0 rings (SSSR count). The minimum Gasteiger partial charge on any atom is -1.00 e. The molecule has 162 valence electrons. The van der Waals surface area contributed by atoms with Gasteiger partial charge >= 0.3 is 5.97 Å². The molecule has 0 spiro atoms. The first-order valence-electron chi connectivity index (χ1n) is 11.1. The van der Waals surface area contributed by atoms with E-state index in [1.807, 2.05) is 0 Å². The molecular weight excluding hydrogens is 358 g/mol. The molecule has 0 aromatic carbocycles. The van der Waals surface area contributed by atoms with E-state index in [4.69, 9.17) is 4.74 Å². The zero-order valence-electron chi connectivity index (χ0n) is 18.4. The summed E-state index contributed by atoms with van der Waals surface area (Å²) >= 11 is 0. The Hall–Kier alpha value is -0.540. The highest BCUT2D eigenvalue weighted by molar-refractivity contribution is 5.70. The van der Waals surface area contributed by atoms with Crippen molar-refractivity contribution in [3.63, 3.8) is 0 Å². The molecule has 27 heavy (non-hydrogen) atoms. The molecule has 0 saturated carbocycles. The second kappa shape index (κ2) is 20.2. The molecule has 0 aliphatic carbocycles. The predicted molar refractivity (Wildman–Crippen MR) is 113 cm³/mol. The molecule has 0 bridgehead atoms. The summed E-state index contributed by atoms with van der Waals surface area (Å²) < 4.78 is 5.79. The quantitative estimate of drug-likeness (QED) is 0.143. The zero-order chi connectivity index (χ0) is 19.5. The molecule has 4 heteroatoms. The Morgan fingerprint density at radius 1 is 0.815 bits per heavy atom. The second-order valence-electron chi connectivity index (χ2n) is 8.39. The van der Waals surface area contributed by atoms with Gasteiger partial charge in [0.25, 0.3) is 0 Å². The lowest BCUT2D eigenvalue weighted by molar-refractivity contribution is -0.883. The van der Waals surface area contributed by atoms with Gasteiger partial charge in [-0.2, -0.15) is 0 Å². The van der Waals surface area contributed by atoms with Gasteiger partial charge in [0.05, 0.1) is 20.6 Å². The molecule has 0 aromatic heterocycles. The monoisotopic (exact) mass is 403 g/mol. The smallest absolute Gasteiger partial charge is 0.362 e. The molecule has 0 aliphatic rings. The number of carbonyl (C=O) groups is 1. The number of likely N-dealkylation sites (N-methyl/N-ethyl adjacent to an activating group) is 1. The molecule has 0 N–H and O–H groups in total. The largest absolute Gasteiger partial charge is 1.00 e. The van der Waals surface area contributed by atoms with Gasteiger partial charge in [-0.05, 0) is 12.8 Å². The van der Waals surface area contributed by atoms with E-state index in [0.717, 1.165) is 6.54 Å². The number of ether oxygens (including phenoxy) is 1. The molecule has 0 heterocycles. The van der Waals surface area contributed by atoms with Crippen LogP contribution >= 0.6 is 0 Å². The third-order valence-electron chi connectivity index (χ3n) is 5.04. The van der Waals surface area contributed by atoms with Gasteiger partial charge in [-0.3, -0.25) is 0 Å². The lowest BCUT2D eigenvalue weighted by atomic mass is 10.0. The average Bonchev–Trinajstić information content (AvgIpc) is 2.59. The van der Waals surface area contributed by atoms with Gasteiger partial charge in [-0.1, -0.05) is 96.6 Å². The number of carbonyl (C=O) groups excluding carboxylic acids is 1. The van der Waals surface area contributed by atoms with Gasteiger partial charge in [-0.25, -0.2) is 4.79 Å². The van der Waals surface area contributed by atoms with Crippen molar-refractivity contribution >= 4 is 5.97 Å². The van der Waals surface area contributed by atoms with Crippen LogP contribution in [0.5, 0.6) is 0 Å². The third-order valence-corrected chi connectivity index (χ3v) is 5.04. The molecule has 0 fully saturated rings. The first-order chi connectivity index (χ1) is 12.5. The van der Waals surface area contributed by atoms with E-state index in [2.05, 4.69) is 27.6 Å². The molecular formula is C23H46ClNO2. The third kappa shape index (κ3) is 21.6. The maximum Gasteiger partial charge on any atom is 0.362 e. The van der Waals surface area contributed by atoms with Crippen molar-refractivity contribution in [1.82, 2.24) is 0 Å². The minimum absolute atomic E-state index is 0. The summed E-state index contributed by atoms with van der Waals surface area (Å²) in [7, 11) is 4.22. The van der Waals surface area contributed by atoms with Gasteiger partial charge in [0, 0.05) is 0 Å². The normalized spacial score (nSPS) is 11.1. The van der Waals surface area contributed by atoms with Gasteiger partial charge in [-0.15, -0.1) is 0 Å². The van der Waals surface area contributed by atoms with Crippen molar-refractivity contribution in [2.75, 3.05) is 33.8 Å². The first-order valence-corrected chi connectivity index (χ1v) is 11.1. The van der Waals surface area contributed by atoms with Crippen molar-refractivity contribution in [1.29, 1.82) is 0 Å². The minimum atomic E-state index is -0.125. The summed E-state index contributed by atoms with van der Waals surface area (Å²) in [6.07, 6.45) is 20.9. The Balaban J connectivity index is 0. The van der Waals surface area contributed by atoms with E-state index >= 15 is 0 Å². The maximum atomic E-state index is 11.7. The second-order valence-corrected chi connectivity index (χ2v) is 8.39.